The van der Waals surface area contributed by atoms with E-state index < -0.39 is 0 Å². The van der Waals surface area contributed by atoms with Crippen LogP contribution in [-0.4, -0.2) is 20.8 Å². The summed E-state index contributed by atoms with van der Waals surface area (Å²) in [5, 5.41) is 2.25. The first-order valence-corrected chi connectivity index (χ1v) is 9.02. The molecule has 1 atom stereocenters. The number of methoxy groups -OCH3 is 2. The number of furan rings is 1. The summed E-state index contributed by atoms with van der Waals surface area (Å²) in [7, 11) is 3.27. The van der Waals surface area contributed by atoms with Crippen molar-refractivity contribution in [3.63, 3.8) is 0 Å². The van der Waals surface area contributed by atoms with E-state index in [1.54, 1.807) is 20.5 Å². The van der Waals surface area contributed by atoms with Crippen LogP contribution in [0.3, 0.4) is 0 Å². The topological polar surface area (TPSA) is 48.2 Å². The minimum atomic E-state index is -0.225. The highest BCUT2D eigenvalue weighted by Gasteiger charge is 2.18. The molecule has 0 saturated carbocycles. The third kappa shape index (κ3) is 4.89. The van der Waals surface area contributed by atoms with Crippen LogP contribution in [0.4, 0.5) is 4.39 Å². The fraction of sp³-hybridized carbons (Fsp3) is 0.273. The maximum atomic E-state index is 13.3. The van der Waals surface area contributed by atoms with Crippen molar-refractivity contribution >= 4 is 0 Å². The standard InChI is InChI=1S/C22H24FNO3/c1-25-21-10-5-16(14-22(21)26-2)15-24-12-11-19(20-4-3-13-27-20)17-6-8-18(23)9-7-17/h3-10,13-14,19,24H,11-12,15H2,1-2H3/p+1/t19-/m1/s1. The lowest BCUT2D eigenvalue weighted by atomic mass is 9.93. The van der Waals surface area contributed by atoms with E-state index in [-0.39, 0.29) is 11.7 Å². The minimum absolute atomic E-state index is 0.113. The van der Waals surface area contributed by atoms with E-state index in [9.17, 15) is 4.39 Å². The Morgan fingerprint density at radius 1 is 1.00 bits per heavy atom. The molecule has 2 N–H and O–H groups in total. The van der Waals surface area contributed by atoms with Crippen LogP contribution in [0.15, 0.2) is 65.3 Å². The number of hydrogen-bond acceptors (Lipinski definition) is 3. The summed E-state index contributed by atoms with van der Waals surface area (Å²) in [4.78, 5) is 0. The summed E-state index contributed by atoms with van der Waals surface area (Å²) in [6.45, 7) is 1.76. The van der Waals surface area contributed by atoms with Crippen molar-refractivity contribution in [1.29, 1.82) is 0 Å². The molecule has 0 aliphatic carbocycles. The molecule has 5 heteroatoms. The highest BCUT2D eigenvalue weighted by Crippen LogP contribution is 2.28. The second-order valence-electron chi connectivity index (χ2n) is 6.38. The molecule has 2 aromatic carbocycles. The number of quaternary nitrogens is 1. The molecule has 0 aliphatic heterocycles. The molecule has 3 rings (SSSR count). The van der Waals surface area contributed by atoms with Crippen molar-refractivity contribution in [2.75, 3.05) is 20.8 Å². The summed E-state index contributed by atoms with van der Waals surface area (Å²) in [5.41, 5.74) is 2.23. The van der Waals surface area contributed by atoms with Gasteiger partial charge in [0, 0.05) is 17.9 Å². The van der Waals surface area contributed by atoms with Gasteiger partial charge in [-0.2, -0.15) is 0 Å². The highest BCUT2D eigenvalue weighted by atomic mass is 19.1. The van der Waals surface area contributed by atoms with Crippen LogP contribution in [0.1, 0.15) is 29.2 Å². The van der Waals surface area contributed by atoms with Crippen LogP contribution in [0.25, 0.3) is 0 Å². The maximum absolute atomic E-state index is 13.3. The summed E-state index contributed by atoms with van der Waals surface area (Å²) >= 11 is 0. The lowest BCUT2D eigenvalue weighted by Gasteiger charge is -2.15. The summed E-state index contributed by atoms with van der Waals surface area (Å²) < 4.78 is 29.5. The molecular formula is C22H25FNO3+. The van der Waals surface area contributed by atoms with Gasteiger partial charge >= 0.3 is 0 Å². The first kappa shape index (κ1) is 19.0. The van der Waals surface area contributed by atoms with Crippen LogP contribution >= 0.6 is 0 Å². The third-order valence-electron chi connectivity index (χ3n) is 4.65. The zero-order valence-electron chi connectivity index (χ0n) is 15.7. The van der Waals surface area contributed by atoms with Crippen molar-refractivity contribution in [2.45, 2.75) is 18.9 Å². The van der Waals surface area contributed by atoms with Gasteiger partial charge in [-0.1, -0.05) is 12.1 Å². The first-order valence-electron chi connectivity index (χ1n) is 9.02. The van der Waals surface area contributed by atoms with Gasteiger partial charge in [0.25, 0.3) is 0 Å². The molecule has 0 unspecified atom stereocenters. The van der Waals surface area contributed by atoms with E-state index in [0.29, 0.717) is 0 Å². The Labute approximate surface area is 158 Å². The summed E-state index contributed by atoms with van der Waals surface area (Å²) in [6.07, 6.45) is 2.58. The minimum Gasteiger partial charge on any atom is -0.493 e. The largest absolute Gasteiger partial charge is 0.493 e. The van der Waals surface area contributed by atoms with E-state index in [4.69, 9.17) is 13.9 Å². The molecule has 4 nitrogen and oxygen atoms in total. The maximum Gasteiger partial charge on any atom is 0.161 e. The average Bonchev–Trinajstić information content (AvgIpc) is 3.23. The molecule has 0 aliphatic rings. The second kappa shape index (κ2) is 9.24. The number of benzene rings is 2. The van der Waals surface area contributed by atoms with E-state index in [2.05, 4.69) is 5.32 Å². The molecule has 1 heterocycles. The Morgan fingerprint density at radius 3 is 2.44 bits per heavy atom. The number of halogens is 1. The fourth-order valence-electron chi connectivity index (χ4n) is 3.22. The van der Waals surface area contributed by atoms with Crippen molar-refractivity contribution in [2.24, 2.45) is 0 Å². The monoisotopic (exact) mass is 370 g/mol. The lowest BCUT2D eigenvalue weighted by molar-refractivity contribution is -0.671. The van der Waals surface area contributed by atoms with Gasteiger partial charge < -0.3 is 19.2 Å². The molecule has 0 bridgehead atoms. The second-order valence-corrected chi connectivity index (χ2v) is 6.38. The molecule has 0 saturated heterocycles. The van der Waals surface area contributed by atoms with E-state index in [1.807, 2.05) is 42.5 Å². The number of hydrogen-bond donors (Lipinski definition) is 1. The van der Waals surface area contributed by atoms with Gasteiger partial charge in [0.2, 0.25) is 0 Å². The van der Waals surface area contributed by atoms with Gasteiger partial charge in [-0.05, 0) is 48.0 Å². The molecule has 0 fully saturated rings. The molecule has 3 aromatic rings. The predicted octanol–water partition coefficient (Wildman–Crippen LogP) is 3.72. The van der Waals surface area contributed by atoms with Crippen LogP contribution in [-0.2, 0) is 6.54 Å². The zero-order valence-corrected chi connectivity index (χ0v) is 15.7. The van der Waals surface area contributed by atoms with Gasteiger partial charge in [-0.15, -0.1) is 0 Å². The first-order chi connectivity index (χ1) is 13.2. The lowest BCUT2D eigenvalue weighted by Crippen LogP contribution is -2.82. The van der Waals surface area contributed by atoms with Crippen molar-refractivity contribution in [3.8, 4) is 11.5 Å². The zero-order chi connectivity index (χ0) is 19.1. The van der Waals surface area contributed by atoms with Gasteiger partial charge in [0.05, 0.1) is 27.0 Å². The summed E-state index contributed by atoms with van der Waals surface area (Å²) in [6, 6.07) is 16.5. The molecule has 0 spiro atoms. The number of ether oxygens (including phenoxy) is 2. The highest BCUT2D eigenvalue weighted by molar-refractivity contribution is 5.42. The van der Waals surface area contributed by atoms with Crippen molar-refractivity contribution in [3.05, 3.63) is 83.6 Å². The van der Waals surface area contributed by atoms with Crippen LogP contribution in [0.5, 0.6) is 11.5 Å². The van der Waals surface area contributed by atoms with Crippen molar-refractivity contribution < 1.29 is 23.6 Å². The number of rotatable bonds is 9. The van der Waals surface area contributed by atoms with Crippen LogP contribution in [0.2, 0.25) is 0 Å². The molecule has 0 amide bonds. The molecule has 142 valence electrons. The summed E-state index contributed by atoms with van der Waals surface area (Å²) in [5.74, 6) is 2.26. The van der Waals surface area contributed by atoms with E-state index in [1.165, 1.54) is 17.7 Å². The van der Waals surface area contributed by atoms with Gasteiger partial charge in [-0.3, -0.25) is 0 Å². The molecular weight excluding hydrogens is 345 g/mol. The Balaban J connectivity index is 1.61. The normalized spacial score (nSPS) is 12.0. The van der Waals surface area contributed by atoms with Crippen LogP contribution in [0, 0.1) is 5.82 Å². The molecule has 27 heavy (non-hydrogen) atoms. The average molecular weight is 370 g/mol. The van der Waals surface area contributed by atoms with E-state index in [0.717, 1.165) is 42.3 Å². The van der Waals surface area contributed by atoms with Gasteiger partial charge in [0.15, 0.2) is 11.5 Å². The molecule has 0 radical (unpaired) electrons. The Morgan fingerprint density at radius 2 is 1.78 bits per heavy atom. The SMILES string of the molecule is COc1ccc(C[NH2+]CC[C@H](c2ccc(F)cc2)c2ccco2)cc1OC. The fourth-order valence-corrected chi connectivity index (χ4v) is 3.22. The quantitative estimate of drug-likeness (QED) is 0.584. The van der Waals surface area contributed by atoms with Crippen molar-refractivity contribution in [1.82, 2.24) is 0 Å². The molecule has 1 aromatic heterocycles. The third-order valence-corrected chi connectivity index (χ3v) is 4.65. The predicted molar refractivity (Wildman–Crippen MR) is 102 cm³/mol. The number of nitrogens with two attached hydrogens (primary N) is 1. The van der Waals surface area contributed by atoms with E-state index >= 15 is 0 Å². The Hall–Kier alpha value is -2.79. The Kier molecular flexibility index (Phi) is 6.49. The van der Waals surface area contributed by atoms with Crippen LogP contribution < -0.4 is 14.8 Å². The Bertz CT molecular complexity index is 831. The van der Waals surface area contributed by atoms with Gasteiger partial charge in [0.1, 0.15) is 18.1 Å². The smallest absolute Gasteiger partial charge is 0.161 e. The van der Waals surface area contributed by atoms with Gasteiger partial charge in [-0.25, -0.2) is 4.39 Å².